The molecule has 0 unspecified atom stereocenters. The highest BCUT2D eigenvalue weighted by atomic mass is 16.2. The van der Waals surface area contributed by atoms with Gasteiger partial charge in [0, 0.05) is 31.5 Å². The van der Waals surface area contributed by atoms with E-state index in [1.54, 1.807) is 6.20 Å². The lowest BCUT2D eigenvalue weighted by molar-refractivity contribution is -0.122. The monoisotopic (exact) mass is 278 g/mol. The molecule has 0 aliphatic rings. The molecule has 1 aromatic rings. The van der Waals surface area contributed by atoms with Crippen LogP contribution in [-0.4, -0.2) is 42.5 Å². The molecule has 0 aliphatic heterocycles. The summed E-state index contributed by atoms with van der Waals surface area (Å²) in [6.07, 6.45) is 3.86. The van der Waals surface area contributed by atoms with Crippen LogP contribution in [0, 0.1) is 0 Å². The summed E-state index contributed by atoms with van der Waals surface area (Å²) in [5.74, 6) is 0.0645. The number of aromatic nitrogens is 1. The highest BCUT2D eigenvalue weighted by Gasteiger charge is 2.07. The minimum Gasteiger partial charge on any atom is -0.385 e. The van der Waals surface area contributed by atoms with Crippen LogP contribution in [-0.2, 0) is 11.3 Å². The average Bonchev–Trinajstić information content (AvgIpc) is 2.43. The zero-order valence-electron chi connectivity index (χ0n) is 12.8. The van der Waals surface area contributed by atoms with Crippen LogP contribution in [0.15, 0.2) is 18.3 Å². The Bertz CT molecular complexity index is 409. The molecule has 1 aromatic heterocycles. The highest BCUT2D eigenvalue weighted by Crippen LogP contribution is 2.09. The van der Waals surface area contributed by atoms with E-state index in [1.165, 1.54) is 0 Å². The summed E-state index contributed by atoms with van der Waals surface area (Å²) >= 11 is 0. The Morgan fingerprint density at radius 1 is 1.30 bits per heavy atom. The fourth-order valence-electron chi connectivity index (χ4n) is 1.84. The molecule has 0 radical (unpaired) electrons. The van der Waals surface area contributed by atoms with Crippen LogP contribution in [0.3, 0.4) is 0 Å². The average molecular weight is 278 g/mol. The van der Waals surface area contributed by atoms with Gasteiger partial charge in [0.1, 0.15) is 0 Å². The Balaban J connectivity index is 2.44. The predicted octanol–water partition coefficient (Wildman–Crippen LogP) is 1.86. The quantitative estimate of drug-likeness (QED) is 0.724. The molecule has 0 atom stereocenters. The zero-order chi connectivity index (χ0) is 14.8. The molecule has 112 valence electrons. The number of rotatable bonds is 9. The van der Waals surface area contributed by atoms with Crippen LogP contribution < -0.4 is 10.6 Å². The maximum atomic E-state index is 11.6. The number of carbonyl (C=O) groups excluding carboxylic acids is 1. The van der Waals surface area contributed by atoms with E-state index in [0.717, 1.165) is 37.3 Å². The number of amides is 1. The second-order valence-electron chi connectivity index (χ2n) is 4.98. The van der Waals surface area contributed by atoms with Crippen LogP contribution in [0.1, 0.15) is 32.4 Å². The van der Waals surface area contributed by atoms with Crippen molar-refractivity contribution in [2.75, 3.05) is 32.0 Å². The van der Waals surface area contributed by atoms with Gasteiger partial charge in [-0.3, -0.25) is 14.7 Å². The highest BCUT2D eigenvalue weighted by molar-refractivity contribution is 5.77. The SMILES string of the molecule is CCCNC(=O)CN(C)Cc1cc(NCCC)ccn1. The standard InChI is InChI=1S/C15H26N4O/c1-4-7-16-13-6-9-17-14(10-13)11-19(3)12-15(20)18-8-5-2/h6,9-10H,4-5,7-8,11-12H2,1-3H3,(H,16,17)(H,18,20). The number of carbonyl (C=O) groups is 1. The van der Waals surface area contributed by atoms with Gasteiger partial charge < -0.3 is 10.6 Å². The van der Waals surface area contributed by atoms with Crippen molar-refractivity contribution in [1.29, 1.82) is 0 Å². The first-order valence-electron chi connectivity index (χ1n) is 7.29. The lowest BCUT2D eigenvalue weighted by atomic mass is 10.3. The fourth-order valence-corrected chi connectivity index (χ4v) is 1.84. The number of likely N-dealkylation sites (N-methyl/N-ethyl adjacent to an activating group) is 1. The van der Waals surface area contributed by atoms with Gasteiger partial charge in [0.25, 0.3) is 0 Å². The topological polar surface area (TPSA) is 57.3 Å². The van der Waals surface area contributed by atoms with E-state index in [9.17, 15) is 4.79 Å². The van der Waals surface area contributed by atoms with Crippen molar-refractivity contribution < 1.29 is 4.79 Å². The van der Waals surface area contributed by atoms with Crippen molar-refractivity contribution in [3.63, 3.8) is 0 Å². The van der Waals surface area contributed by atoms with E-state index in [-0.39, 0.29) is 5.91 Å². The molecule has 20 heavy (non-hydrogen) atoms. The first-order chi connectivity index (χ1) is 9.65. The van der Waals surface area contributed by atoms with Crippen molar-refractivity contribution in [2.45, 2.75) is 33.2 Å². The van der Waals surface area contributed by atoms with Crippen LogP contribution >= 0.6 is 0 Å². The molecule has 0 saturated carbocycles. The molecule has 5 heteroatoms. The number of anilines is 1. The molecule has 0 bridgehead atoms. The molecule has 2 N–H and O–H groups in total. The molecule has 1 rings (SSSR count). The molecule has 0 spiro atoms. The molecular weight excluding hydrogens is 252 g/mol. The third-order valence-electron chi connectivity index (χ3n) is 2.81. The summed E-state index contributed by atoms with van der Waals surface area (Å²) in [6.45, 7) is 6.94. The van der Waals surface area contributed by atoms with Gasteiger partial charge in [-0.25, -0.2) is 0 Å². The van der Waals surface area contributed by atoms with Crippen molar-refractivity contribution in [1.82, 2.24) is 15.2 Å². The number of nitrogens with zero attached hydrogens (tertiary/aromatic N) is 2. The predicted molar refractivity (Wildman–Crippen MR) is 82.7 cm³/mol. The Labute approximate surface area is 121 Å². The summed E-state index contributed by atoms with van der Waals surface area (Å²) in [6, 6.07) is 4.00. The van der Waals surface area contributed by atoms with Gasteiger partial charge in [-0.2, -0.15) is 0 Å². The van der Waals surface area contributed by atoms with Gasteiger partial charge in [0.2, 0.25) is 5.91 Å². The smallest absolute Gasteiger partial charge is 0.234 e. The summed E-state index contributed by atoms with van der Waals surface area (Å²) in [4.78, 5) is 17.9. The van der Waals surface area contributed by atoms with Gasteiger partial charge in [0.15, 0.2) is 0 Å². The number of hydrogen-bond donors (Lipinski definition) is 2. The van der Waals surface area contributed by atoms with Gasteiger partial charge in [-0.15, -0.1) is 0 Å². The Hall–Kier alpha value is -1.62. The molecule has 0 aromatic carbocycles. The summed E-state index contributed by atoms with van der Waals surface area (Å²) in [5, 5.41) is 6.21. The fraction of sp³-hybridized carbons (Fsp3) is 0.600. The van der Waals surface area contributed by atoms with Crippen LogP contribution in [0.25, 0.3) is 0 Å². The zero-order valence-corrected chi connectivity index (χ0v) is 12.8. The molecule has 0 aliphatic carbocycles. The molecular formula is C15H26N4O. The van der Waals surface area contributed by atoms with Gasteiger partial charge in [0.05, 0.1) is 12.2 Å². The third kappa shape index (κ3) is 6.52. The van der Waals surface area contributed by atoms with Crippen LogP contribution in [0.4, 0.5) is 5.69 Å². The maximum absolute atomic E-state index is 11.6. The second kappa shape index (κ2) is 9.31. The molecule has 1 heterocycles. The number of nitrogens with one attached hydrogen (secondary N) is 2. The first kappa shape index (κ1) is 16.4. The number of pyridine rings is 1. The van der Waals surface area contributed by atoms with E-state index in [1.807, 2.05) is 31.0 Å². The Morgan fingerprint density at radius 2 is 2.05 bits per heavy atom. The van der Waals surface area contributed by atoms with Crippen molar-refractivity contribution in [3.8, 4) is 0 Å². The van der Waals surface area contributed by atoms with Crippen LogP contribution in [0.2, 0.25) is 0 Å². The Morgan fingerprint density at radius 3 is 2.75 bits per heavy atom. The molecule has 1 amide bonds. The van der Waals surface area contributed by atoms with Gasteiger partial charge >= 0.3 is 0 Å². The normalized spacial score (nSPS) is 10.6. The second-order valence-corrected chi connectivity index (χ2v) is 4.98. The lowest BCUT2D eigenvalue weighted by Gasteiger charge is -2.16. The van der Waals surface area contributed by atoms with Crippen LogP contribution in [0.5, 0.6) is 0 Å². The summed E-state index contributed by atoms with van der Waals surface area (Å²) < 4.78 is 0. The van der Waals surface area contributed by atoms with Crippen molar-refractivity contribution in [3.05, 3.63) is 24.0 Å². The summed E-state index contributed by atoms with van der Waals surface area (Å²) in [5.41, 5.74) is 2.05. The van der Waals surface area contributed by atoms with Gasteiger partial charge in [-0.05, 0) is 32.0 Å². The van der Waals surface area contributed by atoms with E-state index < -0.39 is 0 Å². The first-order valence-corrected chi connectivity index (χ1v) is 7.29. The largest absolute Gasteiger partial charge is 0.385 e. The minimum atomic E-state index is 0.0645. The maximum Gasteiger partial charge on any atom is 0.234 e. The van der Waals surface area contributed by atoms with Gasteiger partial charge in [-0.1, -0.05) is 13.8 Å². The molecule has 0 saturated heterocycles. The van der Waals surface area contributed by atoms with Crippen molar-refractivity contribution >= 4 is 11.6 Å². The van der Waals surface area contributed by atoms with E-state index in [0.29, 0.717) is 13.1 Å². The molecule has 5 nitrogen and oxygen atoms in total. The lowest BCUT2D eigenvalue weighted by Crippen LogP contribution is -2.35. The number of hydrogen-bond acceptors (Lipinski definition) is 4. The Kier molecular flexibility index (Phi) is 7.65. The van der Waals surface area contributed by atoms with Crippen molar-refractivity contribution in [2.24, 2.45) is 0 Å². The summed E-state index contributed by atoms with van der Waals surface area (Å²) in [7, 11) is 1.93. The van der Waals surface area contributed by atoms with E-state index >= 15 is 0 Å². The van der Waals surface area contributed by atoms with E-state index in [4.69, 9.17) is 0 Å². The minimum absolute atomic E-state index is 0.0645. The molecule has 0 fully saturated rings. The van der Waals surface area contributed by atoms with E-state index in [2.05, 4.69) is 22.5 Å². The third-order valence-corrected chi connectivity index (χ3v) is 2.81.